The van der Waals surface area contributed by atoms with E-state index in [0.717, 1.165) is 22.6 Å². The summed E-state index contributed by atoms with van der Waals surface area (Å²) in [5.41, 5.74) is 6.93. The summed E-state index contributed by atoms with van der Waals surface area (Å²) in [7, 11) is 0. The third kappa shape index (κ3) is 3.03. The van der Waals surface area contributed by atoms with E-state index in [-0.39, 0.29) is 11.7 Å². The number of hydrogen-bond acceptors (Lipinski definition) is 5. The molecular weight excluding hydrogens is 390 g/mol. The Morgan fingerprint density at radius 3 is 2.55 bits per heavy atom. The fourth-order valence-electron chi connectivity index (χ4n) is 3.76. The Morgan fingerprint density at radius 1 is 1.00 bits per heavy atom. The number of nitro benzene ring substituents is 1. The molecule has 0 fully saturated rings. The van der Waals surface area contributed by atoms with E-state index in [9.17, 15) is 10.1 Å². The van der Waals surface area contributed by atoms with Crippen LogP contribution in [-0.2, 0) is 0 Å². The Balaban J connectivity index is 1.61. The van der Waals surface area contributed by atoms with Crippen molar-refractivity contribution in [2.45, 2.75) is 12.3 Å². The molecule has 2 atom stereocenters. The number of para-hydroxylation sites is 1. The highest BCUT2D eigenvalue weighted by atomic mass is 35.5. The van der Waals surface area contributed by atoms with Crippen LogP contribution in [0, 0.1) is 10.1 Å². The second kappa shape index (κ2) is 6.92. The van der Waals surface area contributed by atoms with Crippen LogP contribution in [0.15, 0.2) is 78.9 Å². The normalized spacial score (nSPS) is 20.1. The van der Waals surface area contributed by atoms with Gasteiger partial charge in [-0.3, -0.25) is 10.1 Å². The van der Waals surface area contributed by atoms with Crippen molar-refractivity contribution in [1.82, 2.24) is 10.4 Å². The van der Waals surface area contributed by atoms with E-state index in [0.29, 0.717) is 10.6 Å². The summed E-state index contributed by atoms with van der Waals surface area (Å²) in [6, 6.07) is 22.1. The van der Waals surface area contributed by atoms with Gasteiger partial charge in [0.05, 0.1) is 16.7 Å². The number of ether oxygens (including phenoxy) is 1. The standard InChI is InChI=1S/C22H16ClN3O3/c23-18-11-10-15(26(27)28)12-17(18)22-25-20(16-8-4-5-9-21(16)29-22)13-19(24-25)14-6-2-1-3-7-14/h1-13,20,22,24H/t20-,22+/m1/s1. The van der Waals surface area contributed by atoms with Crippen LogP contribution in [0.1, 0.15) is 29.0 Å². The van der Waals surface area contributed by atoms with E-state index in [1.165, 1.54) is 18.2 Å². The first-order valence-corrected chi connectivity index (χ1v) is 9.51. The predicted molar refractivity (Wildman–Crippen MR) is 110 cm³/mol. The molecule has 0 saturated heterocycles. The minimum Gasteiger partial charge on any atom is -0.469 e. The molecule has 3 aromatic carbocycles. The van der Waals surface area contributed by atoms with E-state index < -0.39 is 11.2 Å². The number of nitrogens with zero attached hydrogens (tertiary/aromatic N) is 2. The first-order valence-electron chi connectivity index (χ1n) is 9.13. The van der Waals surface area contributed by atoms with E-state index >= 15 is 0 Å². The summed E-state index contributed by atoms with van der Waals surface area (Å²) in [6.45, 7) is 0. The van der Waals surface area contributed by atoms with E-state index in [2.05, 4.69) is 11.5 Å². The van der Waals surface area contributed by atoms with Gasteiger partial charge in [0.1, 0.15) is 5.75 Å². The number of hydrogen-bond donors (Lipinski definition) is 1. The second-order valence-electron chi connectivity index (χ2n) is 6.88. The lowest BCUT2D eigenvalue weighted by Crippen LogP contribution is -2.43. The van der Waals surface area contributed by atoms with Crippen molar-refractivity contribution in [3.8, 4) is 5.75 Å². The van der Waals surface area contributed by atoms with Crippen molar-refractivity contribution in [3.63, 3.8) is 0 Å². The number of nitro groups is 1. The summed E-state index contributed by atoms with van der Waals surface area (Å²) < 4.78 is 6.25. The highest BCUT2D eigenvalue weighted by molar-refractivity contribution is 6.31. The lowest BCUT2D eigenvalue weighted by atomic mass is 10.0. The second-order valence-corrected chi connectivity index (χ2v) is 7.29. The van der Waals surface area contributed by atoms with E-state index in [1.807, 2.05) is 59.6 Å². The molecule has 144 valence electrons. The number of benzene rings is 3. The molecule has 5 rings (SSSR count). The van der Waals surface area contributed by atoms with Gasteiger partial charge in [-0.1, -0.05) is 60.1 Å². The van der Waals surface area contributed by atoms with Gasteiger partial charge in [-0.05, 0) is 23.8 Å². The van der Waals surface area contributed by atoms with Crippen LogP contribution < -0.4 is 10.2 Å². The number of hydrazine groups is 1. The Bertz CT molecular complexity index is 1130. The molecular formula is C22H16ClN3O3. The third-order valence-corrected chi connectivity index (χ3v) is 5.49. The molecule has 7 heteroatoms. The molecule has 0 aromatic heterocycles. The maximum absolute atomic E-state index is 11.3. The van der Waals surface area contributed by atoms with Crippen LogP contribution in [-0.4, -0.2) is 9.93 Å². The smallest absolute Gasteiger partial charge is 0.270 e. The van der Waals surface area contributed by atoms with Crippen LogP contribution in [0.25, 0.3) is 5.70 Å². The highest BCUT2D eigenvalue weighted by Gasteiger charge is 2.41. The Labute approximate surface area is 172 Å². The molecule has 2 heterocycles. The van der Waals surface area contributed by atoms with Gasteiger partial charge in [0.2, 0.25) is 0 Å². The van der Waals surface area contributed by atoms with Gasteiger partial charge < -0.3 is 10.2 Å². The first-order chi connectivity index (χ1) is 14.1. The molecule has 0 bridgehead atoms. The fraction of sp³-hybridized carbons (Fsp3) is 0.0909. The monoisotopic (exact) mass is 405 g/mol. The molecule has 0 saturated carbocycles. The lowest BCUT2D eigenvalue weighted by molar-refractivity contribution is -0.385. The molecule has 1 N–H and O–H groups in total. The Kier molecular flexibility index (Phi) is 4.23. The molecule has 3 aromatic rings. The summed E-state index contributed by atoms with van der Waals surface area (Å²) in [5.74, 6) is 0.730. The molecule has 0 amide bonds. The van der Waals surface area contributed by atoms with Gasteiger partial charge in [0.15, 0.2) is 6.23 Å². The quantitative estimate of drug-likeness (QED) is 0.476. The van der Waals surface area contributed by atoms with Gasteiger partial charge in [-0.25, -0.2) is 0 Å². The van der Waals surface area contributed by atoms with Crippen molar-refractivity contribution in [2.75, 3.05) is 0 Å². The van der Waals surface area contributed by atoms with Crippen LogP contribution >= 0.6 is 11.6 Å². The number of rotatable bonds is 3. The Morgan fingerprint density at radius 2 is 1.76 bits per heavy atom. The topological polar surface area (TPSA) is 67.6 Å². The van der Waals surface area contributed by atoms with Gasteiger partial charge in [-0.15, -0.1) is 0 Å². The molecule has 0 radical (unpaired) electrons. The zero-order valence-electron chi connectivity index (χ0n) is 15.2. The molecule has 2 aliphatic rings. The van der Waals surface area contributed by atoms with Crippen molar-refractivity contribution >= 4 is 23.0 Å². The lowest BCUT2D eigenvalue weighted by Gasteiger charge is -2.39. The fourth-order valence-corrected chi connectivity index (χ4v) is 3.97. The number of nitrogens with one attached hydrogen (secondary N) is 1. The van der Waals surface area contributed by atoms with Crippen molar-refractivity contribution in [2.24, 2.45) is 0 Å². The van der Waals surface area contributed by atoms with Crippen LogP contribution in [0.4, 0.5) is 5.69 Å². The van der Waals surface area contributed by atoms with Crippen LogP contribution in [0.3, 0.4) is 0 Å². The maximum Gasteiger partial charge on any atom is 0.270 e. The van der Waals surface area contributed by atoms with Crippen LogP contribution in [0.2, 0.25) is 5.02 Å². The van der Waals surface area contributed by atoms with E-state index in [4.69, 9.17) is 16.3 Å². The first kappa shape index (κ1) is 17.7. The van der Waals surface area contributed by atoms with Gasteiger partial charge in [0, 0.05) is 28.3 Å². The average molecular weight is 406 g/mol. The zero-order valence-corrected chi connectivity index (χ0v) is 15.9. The highest BCUT2D eigenvalue weighted by Crippen LogP contribution is 2.47. The molecule has 29 heavy (non-hydrogen) atoms. The molecule has 2 aliphatic heterocycles. The number of halogens is 1. The number of fused-ring (bicyclic) bond motifs is 3. The molecule has 0 unspecified atom stereocenters. The summed E-state index contributed by atoms with van der Waals surface area (Å²) in [5, 5.41) is 13.6. The molecule has 6 nitrogen and oxygen atoms in total. The van der Waals surface area contributed by atoms with Crippen molar-refractivity contribution in [1.29, 1.82) is 0 Å². The van der Waals surface area contributed by atoms with Gasteiger partial charge in [0.25, 0.3) is 5.69 Å². The SMILES string of the molecule is O=[N+]([O-])c1ccc(Cl)c([C@@H]2Oc3ccccc3[C@H]3C=C(c4ccccc4)NN32)c1. The Hall–Kier alpha value is -3.35. The summed E-state index contributed by atoms with van der Waals surface area (Å²) in [6.07, 6.45) is 1.51. The zero-order chi connectivity index (χ0) is 20.0. The number of non-ortho nitro benzene ring substituents is 1. The van der Waals surface area contributed by atoms with E-state index in [1.54, 1.807) is 0 Å². The minimum absolute atomic E-state index is 0.0288. The molecule has 0 spiro atoms. The van der Waals surface area contributed by atoms with Crippen molar-refractivity contribution in [3.05, 3.63) is 111 Å². The minimum atomic E-state index is -0.625. The van der Waals surface area contributed by atoms with Gasteiger partial charge in [-0.2, -0.15) is 5.01 Å². The largest absolute Gasteiger partial charge is 0.469 e. The van der Waals surface area contributed by atoms with Crippen LogP contribution in [0.5, 0.6) is 5.75 Å². The summed E-state index contributed by atoms with van der Waals surface area (Å²) in [4.78, 5) is 10.9. The van der Waals surface area contributed by atoms with Gasteiger partial charge >= 0.3 is 0 Å². The average Bonchev–Trinajstić information content (AvgIpc) is 3.20. The molecule has 0 aliphatic carbocycles. The van der Waals surface area contributed by atoms with Crippen molar-refractivity contribution < 1.29 is 9.66 Å². The third-order valence-electron chi connectivity index (χ3n) is 5.14. The summed E-state index contributed by atoms with van der Waals surface area (Å²) >= 11 is 6.43. The maximum atomic E-state index is 11.3. The predicted octanol–water partition coefficient (Wildman–Crippen LogP) is 5.24.